The van der Waals surface area contributed by atoms with Crippen LogP contribution in [0.3, 0.4) is 0 Å². The fourth-order valence-corrected chi connectivity index (χ4v) is 5.00. The molecule has 0 saturated heterocycles. The molecule has 0 atom stereocenters. The number of nitrogens with one attached hydrogen (secondary N) is 2. The number of hydrogen-bond donors (Lipinski definition) is 2. The molecule has 0 aliphatic carbocycles. The number of hydrogen-bond acceptors (Lipinski definition) is 7. The van der Waals surface area contributed by atoms with Gasteiger partial charge in [0.1, 0.15) is 12.1 Å². The van der Waals surface area contributed by atoms with Gasteiger partial charge in [0.25, 0.3) is 20.0 Å². The van der Waals surface area contributed by atoms with E-state index in [2.05, 4.69) is 19.4 Å². The van der Waals surface area contributed by atoms with E-state index < -0.39 is 20.0 Å². The lowest BCUT2D eigenvalue weighted by molar-refractivity contribution is 0.397. The van der Waals surface area contributed by atoms with Crippen LogP contribution in [0.25, 0.3) is 0 Å². The predicted octanol–water partition coefficient (Wildman–Crippen LogP) is 2.70. The third kappa shape index (κ3) is 4.86. The Hall–Kier alpha value is -3.18. The van der Waals surface area contributed by atoms with Gasteiger partial charge >= 0.3 is 0 Å². The average molecular weight is 449 g/mol. The van der Waals surface area contributed by atoms with Crippen molar-refractivity contribution in [2.24, 2.45) is 0 Å². The first kappa shape index (κ1) is 21.5. The lowest BCUT2D eigenvalue weighted by Crippen LogP contribution is -2.16. The quantitative estimate of drug-likeness (QED) is 0.569. The fraction of sp³-hybridized carbons (Fsp3) is 0.158. The summed E-state index contributed by atoms with van der Waals surface area (Å²) in [5.74, 6) is 0.250. The van der Waals surface area contributed by atoms with E-state index in [4.69, 9.17) is 4.74 Å². The van der Waals surface area contributed by atoms with Crippen LogP contribution < -0.4 is 14.2 Å². The maximum absolute atomic E-state index is 12.7. The Morgan fingerprint density at radius 2 is 1.53 bits per heavy atom. The van der Waals surface area contributed by atoms with Crippen LogP contribution >= 0.6 is 0 Å². The Morgan fingerprint density at radius 1 is 0.833 bits per heavy atom. The van der Waals surface area contributed by atoms with Crippen LogP contribution in [-0.4, -0.2) is 33.9 Å². The number of nitrogens with zero attached hydrogens (tertiary/aromatic N) is 2. The molecule has 2 N–H and O–H groups in total. The molecular weight excluding hydrogens is 428 g/mol. The zero-order valence-electron chi connectivity index (χ0n) is 16.4. The van der Waals surface area contributed by atoms with Gasteiger partial charge in [-0.2, -0.15) is 0 Å². The van der Waals surface area contributed by atoms with Gasteiger partial charge < -0.3 is 4.74 Å². The maximum atomic E-state index is 12.7. The van der Waals surface area contributed by atoms with Gasteiger partial charge in [-0.25, -0.2) is 26.8 Å². The van der Waals surface area contributed by atoms with Gasteiger partial charge in [0.15, 0.2) is 0 Å². The molecule has 9 nitrogen and oxygen atoms in total. The highest BCUT2D eigenvalue weighted by Crippen LogP contribution is 2.23. The molecule has 11 heteroatoms. The van der Waals surface area contributed by atoms with Gasteiger partial charge in [-0.05, 0) is 55.3 Å². The number of ether oxygens (including phenoxy) is 1. The zero-order chi connectivity index (χ0) is 21.9. The third-order valence-electron chi connectivity index (χ3n) is 4.14. The first-order valence-electron chi connectivity index (χ1n) is 8.70. The molecule has 0 fully saturated rings. The minimum Gasteiger partial charge on any atom is -0.481 e. The van der Waals surface area contributed by atoms with Crippen molar-refractivity contribution in [3.05, 3.63) is 66.0 Å². The number of benzene rings is 2. The van der Waals surface area contributed by atoms with E-state index in [1.165, 1.54) is 43.8 Å². The highest BCUT2D eigenvalue weighted by Gasteiger charge is 2.19. The molecule has 0 bridgehead atoms. The summed E-state index contributed by atoms with van der Waals surface area (Å²) < 4.78 is 60.2. The number of aryl methyl sites for hydroxylation is 2. The third-order valence-corrected chi connectivity index (χ3v) is 7.03. The van der Waals surface area contributed by atoms with E-state index in [-0.39, 0.29) is 27.2 Å². The van der Waals surface area contributed by atoms with Crippen LogP contribution in [0.1, 0.15) is 11.1 Å². The van der Waals surface area contributed by atoms with Gasteiger partial charge in [0.05, 0.1) is 16.9 Å². The van der Waals surface area contributed by atoms with E-state index in [0.29, 0.717) is 5.56 Å². The summed E-state index contributed by atoms with van der Waals surface area (Å²) in [5, 5.41) is 0. The summed E-state index contributed by atoms with van der Waals surface area (Å²) in [7, 11) is -6.35. The van der Waals surface area contributed by atoms with E-state index in [9.17, 15) is 16.8 Å². The molecule has 0 spiro atoms. The lowest BCUT2D eigenvalue weighted by Gasteiger charge is -2.12. The molecule has 0 aliphatic rings. The lowest BCUT2D eigenvalue weighted by atomic mass is 10.2. The Balaban J connectivity index is 1.81. The summed E-state index contributed by atoms with van der Waals surface area (Å²) >= 11 is 0. The maximum Gasteiger partial charge on any atom is 0.263 e. The molecule has 3 aromatic rings. The number of rotatable bonds is 7. The monoisotopic (exact) mass is 448 g/mol. The fourth-order valence-electron chi connectivity index (χ4n) is 2.61. The average Bonchev–Trinajstić information content (AvgIpc) is 2.69. The molecule has 0 unspecified atom stereocenters. The SMILES string of the molecule is COc1cc(NS(=O)(=O)c2ccc(NS(=O)(=O)c3cc(C)ccc3C)cc2)ncn1. The van der Waals surface area contributed by atoms with Crippen molar-refractivity contribution in [3.8, 4) is 5.88 Å². The van der Waals surface area contributed by atoms with Crippen LogP contribution in [0.2, 0.25) is 0 Å². The van der Waals surface area contributed by atoms with Crippen LogP contribution in [0.4, 0.5) is 11.5 Å². The minimum atomic E-state index is -3.94. The van der Waals surface area contributed by atoms with Crippen molar-refractivity contribution in [2.75, 3.05) is 16.6 Å². The Kier molecular flexibility index (Phi) is 5.94. The molecule has 0 saturated carbocycles. The second-order valence-corrected chi connectivity index (χ2v) is 9.78. The number of aromatic nitrogens is 2. The van der Waals surface area contributed by atoms with Gasteiger partial charge in [0.2, 0.25) is 5.88 Å². The Morgan fingerprint density at radius 3 is 2.20 bits per heavy atom. The summed E-state index contributed by atoms with van der Waals surface area (Å²) in [6.45, 7) is 3.51. The molecular formula is C19H20N4O5S2. The van der Waals surface area contributed by atoms with Crippen LogP contribution in [0, 0.1) is 13.8 Å². The largest absolute Gasteiger partial charge is 0.481 e. The highest BCUT2D eigenvalue weighted by molar-refractivity contribution is 7.93. The van der Waals surface area contributed by atoms with E-state index in [1.807, 2.05) is 6.07 Å². The number of anilines is 2. The molecule has 0 amide bonds. The summed E-state index contributed by atoms with van der Waals surface area (Å²) in [5.41, 5.74) is 1.66. The molecule has 3 rings (SSSR count). The zero-order valence-corrected chi connectivity index (χ0v) is 18.1. The molecule has 158 valence electrons. The molecule has 2 aromatic carbocycles. The first-order chi connectivity index (χ1) is 14.1. The van der Waals surface area contributed by atoms with Crippen LogP contribution in [0.5, 0.6) is 5.88 Å². The number of methoxy groups -OCH3 is 1. The molecule has 1 aromatic heterocycles. The van der Waals surface area contributed by atoms with E-state index >= 15 is 0 Å². The molecule has 1 heterocycles. The van der Waals surface area contributed by atoms with E-state index in [0.717, 1.165) is 5.56 Å². The second-order valence-electron chi connectivity index (χ2n) is 6.45. The van der Waals surface area contributed by atoms with Crippen molar-refractivity contribution >= 4 is 31.6 Å². The predicted molar refractivity (Wildman–Crippen MR) is 113 cm³/mol. The van der Waals surface area contributed by atoms with Gasteiger partial charge in [-0.15, -0.1) is 0 Å². The van der Waals surface area contributed by atoms with Gasteiger partial charge in [-0.3, -0.25) is 9.44 Å². The van der Waals surface area contributed by atoms with Crippen molar-refractivity contribution in [2.45, 2.75) is 23.6 Å². The standard InChI is InChI=1S/C19H20N4O5S2/c1-13-4-5-14(2)17(10-13)30(26,27)22-15-6-8-16(9-7-15)29(24,25)23-18-11-19(28-3)21-12-20-18/h4-12,22H,1-3H3,(H,20,21,23). The Bertz CT molecular complexity index is 1270. The van der Waals surface area contributed by atoms with Crippen molar-refractivity contribution in [1.82, 2.24) is 9.97 Å². The second kappa shape index (κ2) is 8.28. The molecule has 30 heavy (non-hydrogen) atoms. The van der Waals surface area contributed by atoms with E-state index in [1.54, 1.807) is 26.0 Å². The number of sulfonamides is 2. The topological polar surface area (TPSA) is 127 Å². The van der Waals surface area contributed by atoms with Crippen molar-refractivity contribution in [3.63, 3.8) is 0 Å². The summed E-state index contributed by atoms with van der Waals surface area (Å²) in [6, 6.07) is 11.8. The summed E-state index contributed by atoms with van der Waals surface area (Å²) in [6.07, 6.45) is 1.17. The van der Waals surface area contributed by atoms with Crippen LogP contribution in [-0.2, 0) is 20.0 Å². The van der Waals surface area contributed by atoms with Gasteiger partial charge in [-0.1, -0.05) is 12.1 Å². The highest BCUT2D eigenvalue weighted by atomic mass is 32.2. The molecule has 0 aliphatic heterocycles. The first-order valence-corrected chi connectivity index (χ1v) is 11.7. The normalized spacial score (nSPS) is 11.7. The summed E-state index contributed by atoms with van der Waals surface area (Å²) in [4.78, 5) is 7.75. The van der Waals surface area contributed by atoms with Crippen LogP contribution in [0.15, 0.2) is 64.6 Å². The Labute approximate surface area is 175 Å². The molecule has 0 radical (unpaired) electrons. The minimum absolute atomic E-state index is 0.0431. The smallest absolute Gasteiger partial charge is 0.263 e. The van der Waals surface area contributed by atoms with Gasteiger partial charge in [0, 0.05) is 11.8 Å². The van der Waals surface area contributed by atoms with Crippen molar-refractivity contribution in [1.29, 1.82) is 0 Å². The van der Waals surface area contributed by atoms with Crippen molar-refractivity contribution < 1.29 is 21.6 Å².